The third-order valence-electron chi connectivity index (χ3n) is 5.93. The second-order valence-electron chi connectivity index (χ2n) is 12.2. The number of hydrogen-bond donors (Lipinski definition) is 1. The van der Waals surface area contributed by atoms with Gasteiger partial charge in [-0.1, -0.05) is 141 Å². The molecule has 1 nitrogen and oxygen atoms in total. The zero-order valence-electron chi connectivity index (χ0n) is 27.9. The van der Waals surface area contributed by atoms with Crippen LogP contribution < -0.4 is 0 Å². The third kappa shape index (κ3) is 17.4. The van der Waals surface area contributed by atoms with Gasteiger partial charge in [-0.2, -0.15) is 0 Å². The molecule has 0 aliphatic rings. The van der Waals surface area contributed by atoms with Crippen LogP contribution in [0.1, 0.15) is 132 Å². The highest BCUT2D eigenvalue weighted by molar-refractivity contribution is 6.83. The monoisotopic (exact) mass is 558 g/mol. The van der Waals surface area contributed by atoms with E-state index in [2.05, 4.69) is 108 Å². The van der Waals surface area contributed by atoms with E-state index in [0.29, 0.717) is 0 Å². The molecule has 0 aliphatic heterocycles. The predicted molar refractivity (Wildman–Crippen MR) is 181 cm³/mol. The molecular weight excluding hydrogens is 501 g/mol. The van der Waals surface area contributed by atoms with Crippen molar-refractivity contribution in [3.63, 3.8) is 0 Å². The Labute approximate surface area is 250 Å². The first-order valence-electron chi connectivity index (χ1n) is 15.8. The molecule has 0 saturated carbocycles. The molecule has 0 atom stereocenters. The van der Waals surface area contributed by atoms with Crippen molar-refractivity contribution in [1.29, 1.82) is 0 Å². The van der Waals surface area contributed by atoms with Crippen LogP contribution >= 0.6 is 0 Å². The zero-order chi connectivity index (χ0) is 30.6. The highest BCUT2D eigenvalue weighted by Crippen LogP contribution is 2.21. The molecule has 40 heavy (non-hydrogen) atoms. The summed E-state index contributed by atoms with van der Waals surface area (Å²) >= 11 is 0. The van der Waals surface area contributed by atoms with Gasteiger partial charge in [0.1, 0.15) is 13.7 Å². The maximum absolute atomic E-state index is 10.2. The number of aliphatic hydroxyl groups is 1. The Bertz CT molecular complexity index is 1040. The van der Waals surface area contributed by atoms with E-state index in [0.717, 1.165) is 93.8 Å². The van der Waals surface area contributed by atoms with E-state index in [-0.39, 0.29) is 0 Å². The lowest BCUT2D eigenvalue weighted by atomic mass is 9.96. The molecular formula is C38H58OSi. The molecule has 0 aliphatic carbocycles. The van der Waals surface area contributed by atoms with E-state index in [4.69, 9.17) is 0 Å². The van der Waals surface area contributed by atoms with Crippen LogP contribution in [0.5, 0.6) is 0 Å². The van der Waals surface area contributed by atoms with Crippen molar-refractivity contribution < 1.29 is 5.11 Å². The van der Waals surface area contributed by atoms with E-state index < -0.39 is 13.7 Å². The van der Waals surface area contributed by atoms with Gasteiger partial charge in [-0.15, -0.1) is 5.54 Å². The fourth-order valence-electron chi connectivity index (χ4n) is 4.03. The quantitative estimate of drug-likeness (QED) is 0.187. The summed E-state index contributed by atoms with van der Waals surface area (Å²) in [5, 5.41) is 10.2. The zero-order valence-corrected chi connectivity index (χ0v) is 28.9. The van der Waals surface area contributed by atoms with E-state index >= 15 is 0 Å². The smallest absolute Gasteiger partial charge is 0.129 e. The molecule has 0 aromatic heterocycles. The van der Waals surface area contributed by atoms with Gasteiger partial charge in [-0.05, 0) is 52.4 Å². The Morgan fingerprint density at radius 2 is 0.725 bits per heavy atom. The van der Waals surface area contributed by atoms with Crippen LogP contribution in [0.25, 0.3) is 0 Å². The first-order valence-corrected chi connectivity index (χ1v) is 19.3. The molecule has 0 heterocycles. The molecule has 0 saturated heterocycles. The van der Waals surface area contributed by atoms with Crippen molar-refractivity contribution in [2.45, 2.75) is 158 Å². The van der Waals surface area contributed by atoms with Crippen LogP contribution in [-0.4, -0.2) is 18.8 Å². The van der Waals surface area contributed by atoms with E-state index in [1.54, 1.807) is 13.8 Å². The molecule has 0 unspecified atom stereocenters. The van der Waals surface area contributed by atoms with Crippen molar-refractivity contribution in [3.05, 3.63) is 33.4 Å². The summed E-state index contributed by atoms with van der Waals surface area (Å²) in [5.74, 6) is 24.2. The van der Waals surface area contributed by atoms with Gasteiger partial charge in [0.05, 0.1) is 0 Å². The summed E-state index contributed by atoms with van der Waals surface area (Å²) in [5.41, 5.74) is 9.54. The molecule has 1 N–H and O–H groups in total. The molecule has 0 spiro atoms. The van der Waals surface area contributed by atoms with Crippen molar-refractivity contribution in [1.82, 2.24) is 0 Å². The molecule has 0 bridgehead atoms. The fraction of sp³-hybridized carbons (Fsp3) is 0.632. The van der Waals surface area contributed by atoms with Gasteiger partial charge in [-0.3, -0.25) is 0 Å². The van der Waals surface area contributed by atoms with Gasteiger partial charge in [0.15, 0.2) is 0 Å². The summed E-state index contributed by atoms with van der Waals surface area (Å²) < 4.78 is 0. The van der Waals surface area contributed by atoms with Crippen LogP contribution in [-0.2, 0) is 0 Å². The van der Waals surface area contributed by atoms with E-state index in [1.807, 2.05) is 0 Å². The van der Waals surface area contributed by atoms with Crippen molar-refractivity contribution in [2.75, 3.05) is 0 Å². The minimum Gasteiger partial charge on any atom is -0.378 e. The van der Waals surface area contributed by atoms with E-state index in [1.165, 1.54) is 16.7 Å². The third-order valence-corrected chi connectivity index (χ3v) is 6.80. The summed E-state index contributed by atoms with van der Waals surface area (Å²) in [4.78, 5) is 0. The molecule has 2 heteroatoms. The summed E-state index contributed by atoms with van der Waals surface area (Å²) in [6.45, 7) is 23.6. The van der Waals surface area contributed by atoms with Gasteiger partial charge in [0.2, 0.25) is 0 Å². The lowest BCUT2D eigenvalue weighted by Crippen LogP contribution is -2.16. The highest BCUT2D eigenvalue weighted by atomic mass is 28.3. The van der Waals surface area contributed by atoms with Gasteiger partial charge >= 0.3 is 0 Å². The fourth-order valence-corrected chi connectivity index (χ4v) is 4.55. The van der Waals surface area contributed by atoms with Gasteiger partial charge in [0, 0.05) is 33.4 Å². The van der Waals surface area contributed by atoms with Crippen LogP contribution in [0.15, 0.2) is 33.4 Å². The first kappa shape index (κ1) is 37.6. The van der Waals surface area contributed by atoms with Gasteiger partial charge in [-0.25, -0.2) is 0 Å². The average molecular weight is 559 g/mol. The van der Waals surface area contributed by atoms with E-state index in [9.17, 15) is 5.11 Å². The Hall–Kier alpha value is -2.36. The maximum atomic E-state index is 10.2. The van der Waals surface area contributed by atoms with Crippen LogP contribution in [0.2, 0.25) is 19.6 Å². The molecule has 0 rings (SSSR count). The minimum atomic E-state index is -1.46. The largest absolute Gasteiger partial charge is 0.378 e. The Balaban J connectivity index is 7.17. The SMILES string of the molecule is CCC/C(C#C/C(CCC)=C(/C#CC(C)(C)O)CCC)=C(\C#C/C(CCC)=C(/C#C[Si](C)(C)C)CCC)CCC. The first-order chi connectivity index (χ1) is 18.8. The van der Waals surface area contributed by atoms with Gasteiger partial charge < -0.3 is 5.11 Å². The lowest BCUT2D eigenvalue weighted by molar-refractivity contribution is 0.143. The standard InChI is InChI=1S/C38H58OSi/c1-12-18-32(24-26-34(20-14-3)36(22-16-5)28-30-38(7,8)39)33(19-13-2)25-27-35(21-15-4)37(23-17-6)29-31-40(9,10)11/h39H,12-23H2,1-11H3/b33-32+,36-34+,37-35+. The Morgan fingerprint density at radius 1 is 0.475 bits per heavy atom. The lowest BCUT2D eigenvalue weighted by Gasteiger charge is -2.09. The summed E-state index contributed by atoms with van der Waals surface area (Å²) in [7, 11) is -1.46. The maximum Gasteiger partial charge on any atom is 0.129 e. The minimum absolute atomic E-state index is 0.880. The van der Waals surface area contributed by atoms with Crippen LogP contribution in [0, 0.1) is 47.0 Å². The molecule has 220 valence electrons. The highest BCUT2D eigenvalue weighted by Gasteiger charge is 2.10. The molecule has 0 amide bonds. The summed E-state index contributed by atoms with van der Waals surface area (Å²) in [6, 6.07) is 0. The number of allylic oxidation sites excluding steroid dienone is 6. The van der Waals surface area contributed by atoms with Crippen LogP contribution in [0.3, 0.4) is 0 Å². The van der Waals surface area contributed by atoms with Gasteiger partial charge in [0.25, 0.3) is 0 Å². The van der Waals surface area contributed by atoms with Crippen molar-refractivity contribution >= 4 is 8.07 Å². The summed E-state index contributed by atoms with van der Waals surface area (Å²) in [6.07, 6.45) is 11.9. The predicted octanol–water partition coefficient (Wildman–Crippen LogP) is 10.3. The molecule has 0 fully saturated rings. The average Bonchev–Trinajstić information content (AvgIpc) is 2.87. The van der Waals surface area contributed by atoms with Crippen molar-refractivity contribution in [2.24, 2.45) is 0 Å². The normalized spacial score (nSPS) is 13.1. The number of rotatable bonds is 12. The molecule has 0 aromatic carbocycles. The molecule has 0 aromatic rings. The number of hydrogen-bond acceptors (Lipinski definition) is 1. The van der Waals surface area contributed by atoms with Crippen molar-refractivity contribution in [3.8, 4) is 47.0 Å². The molecule has 0 radical (unpaired) electrons. The van der Waals surface area contributed by atoms with Crippen LogP contribution in [0.4, 0.5) is 0 Å². The Morgan fingerprint density at radius 3 is 0.950 bits per heavy atom. The Kier molecular flexibility index (Phi) is 19.3. The second-order valence-corrected chi connectivity index (χ2v) is 16.9. The second kappa shape index (κ2) is 20.5. The topological polar surface area (TPSA) is 20.2 Å².